The van der Waals surface area contributed by atoms with Crippen molar-refractivity contribution < 1.29 is 14.6 Å². The molecule has 0 radical (unpaired) electrons. The first kappa shape index (κ1) is 12.5. The number of aliphatic hydroxyl groups excluding tert-OH is 2. The summed E-state index contributed by atoms with van der Waals surface area (Å²) < 4.78 is 13.7. The molecule has 0 bridgehead atoms. The minimum Gasteiger partial charge on any atom is -0.389 e. The Morgan fingerprint density at radius 1 is 1.60 bits per heavy atom. The van der Waals surface area contributed by atoms with Gasteiger partial charge in [0.1, 0.15) is 16.5 Å². The third-order valence-electron chi connectivity index (χ3n) is 1.95. The molecule has 0 aromatic carbocycles. The maximum Gasteiger partial charge on any atom is 0.147 e. The molecule has 0 saturated heterocycles. The molecule has 0 aliphatic rings. The van der Waals surface area contributed by atoms with E-state index < -0.39 is 18.0 Å². The maximum absolute atomic E-state index is 13.2. The average Bonchev–Trinajstić information content (AvgIpc) is 2.21. The van der Waals surface area contributed by atoms with E-state index >= 15 is 0 Å². The molecule has 2 unspecified atom stereocenters. The normalized spacial score (nSPS) is 15.0. The van der Waals surface area contributed by atoms with Crippen LogP contribution in [0.3, 0.4) is 0 Å². The van der Waals surface area contributed by atoms with Crippen molar-refractivity contribution >= 4 is 15.9 Å². The van der Waals surface area contributed by atoms with Crippen LogP contribution in [0.5, 0.6) is 0 Å². The van der Waals surface area contributed by atoms with Gasteiger partial charge < -0.3 is 15.5 Å². The smallest absolute Gasteiger partial charge is 0.147 e. The number of pyridine rings is 1. The zero-order valence-corrected chi connectivity index (χ0v) is 9.70. The minimum atomic E-state index is -1.27. The van der Waals surface area contributed by atoms with Gasteiger partial charge in [0.25, 0.3) is 0 Å². The second-order valence-corrected chi connectivity index (χ2v) is 3.91. The van der Waals surface area contributed by atoms with Gasteiger partial charge in [0.15, 0.2) is 0 Å². The van der Waals surface area contributed by atoms with Crippen LogP contribution in [0.2, 0.25) is 0 Å². The highest BCUT2D eigenvalue weighted by molar-refractivity contribution is 9.10. The molecule has 1 heterocycles. The molecule has 1 aromatic heterocycles. The molecule has 1 rings (SSSR count). The molecule has 6 heteroatoms. The zero-order chi connectivity index (χ0) is 11.4. The van der Waals surface area contributed by atoms with E-state index in [1.165, 1.54) is 6.07 Å². The fourth-order valence-electron chi connectivity index (χ4n) is 1.18. The summed E-state index contributed by atoms with van der Waals surface area (Å²) in [7, 11) is 1.63. The maximum atomic E-state index is 13.2. The third-order valence-corrected chi connectivity index (χ3v) is 2.38. The lowest BCUT2D eigenvalue weighted by Gasteiger charge is -2.18. The highest BCUT2D eigenvalue weighted by Crippen LogP contribution is 2.22. The molecule has 0 spiro atoms. The van der Waals surface area contributed by atoms with Gasteiger partial charge in [-0.1, -0.05) is 0 Å². The van der Waals surface area contributed by atoms with Crippen molar-refractivity contribution in [3.05, 3.63) is 28.2 Å². The largest absolute Gasteiger partial charge is 0.389 e. The van der Waals surface area contributed by atoms with Crippen LogP contribution in [0, 0.1) is 5.82 Å². The molecule has 0 aliphatic carbocycles. The fourth-order valence-corrected chi connectivity index (χ4v) is 1.53. The number of nitrogens with zero attached hydrogens (tertiary/aromatic N) is 1. The lowest BCUT2D eigenvalue weighted by Crippen LogP contribution is -2.30. The van der Waals surface area contributed by atoms with Gasteiger partial charge in [-0.15, -0.1) is 0 Å². The highest BCUT2D eigenvalue weighted by atomic mass is 79.9. The summed E-state index contributed by atoms with van der Waals surface area (Å²) in [6, 6.07) is 1.35. The fraction of sp³-hybridized carbons (Fsp3) is 0.444. The Balaban J connectivity index is 2.89. The number of halogens is 2. The quantitative estimate of drug-likeness (QED) is 0.706. The number of nitrogens with one attached hydrogen (secondary N) is 1. The predicted octanol–water partition coefficient (Wildman–Crippen LogP) is 0.597. The number of rotatable bonds is 4. The Kier molecular flexibility index (Phi) is 4.59. The molecule has 0 amide bonds. The van der Waals surface area contributed by atoms with Crippen LogP contribution < -0.4 is 5.32 Å². The van der Waals surface area contributed by atoms with Gasteiger partial charge in [-0.05, 0) is 29.0 Å². The summed E-state index contributed by atoms with van der Waals surface area (Å²) in [5, 5.41) is 21.8. The van der Waals surface area contributed by atoms with E-state index in [0.717, 1.165) is 6.20 Å². The van der Waals surface area contributed by atoms with Crippen LogP contribution in [0.15, 0.2) is 16.9 Å². The van der Waals surface area contributed by atoms with E-state index in [2.05, 4.69) is 26.2 Å². The first-order chi connectivity index (χ1) is 7.06. The molecule has 3 N–H and O–H groups in total. The molecule has 2 atom stereocenters. The molecule has 0 saturated carbocycles. The van der Waals surface area contributed by atoms with E-state index in [9.17, 15) is 14.6 Å². The van der Waals surface area contributed by atoms with Crippen LogP contribution in [0.1, 0.15) is 11.7 Å². The topological polar surface area (TPSA) is 65.4 Å². The summed E-state index contributed by atoms with van der Waals surface area (Å²) in [5.74, 6) is -0.638. The second kappa shape index (κ2) is 5.50. The van der Waals surface area contributed by atoms with Gasteiger partial charge in [-0.2, -0.15) is 0 Å². The number of aliphatic hydroxyl groups is 2. The molecular weight excluding hydrogens is 267 g/mol. The van der Waals surface area contributed by atoms with Crippen LogP contribution in [-0.4, -0.2) is 34.9 Å². The van der Waals surface area contributed by atoms with E-state index in [0.29, 0.717) is 4.60 Å². The van der Waals surface area contributed by atoms with Gasteiger partial charge in [-0.25, -0.2) is 9.37 Å². The van der Waals surface area contributed by atoms with Crippen molar-refractivity contribution in [1.82, 2.24) is 10.3 Å². The lowest BCUT2D eigenvalue weighted by molar-refractivity contribution is 0.0180. The summed E-state index contributed by atoms with van der Waals surface area (Å²) >= 11 is 3.07. The summed E-state index contributed by atoms with van der Waals surface area (Å²) in [5.41, 5.74) is 0.0274. The monoisotopic (exact) mass is 278 g/mol. The van der Waals surface area contributed by atoms with Gasteiger partial charge >= 0.3 is 0 Å². The SMILES string of the molecule is CNCC(O)C(O)c1cc(Br)ncc1F. The summed E-state index contributed by atoms with van der Waals surface area (Å²) in [6.45, 7) is 0.181. The van der Waals surface area contributed by atoms with Gasteiger partial charge in [0.2, 0.25) is 0 Å². The van der Waals surface area contributed by atoms with Crippen molar-refractivity contribution in [1.29, 1.82) is 0 Å². The molecule has 15 heavy (non-hydrogen) atoms. The molecule has 4 nitrogen and oxygen atoms in total. The van der Waals surface area contributed by atoms with Gasteiger partial charge in [0, 0.05) is 12.1 Å². The zero-order valence-electron chi connectivity index (χ0n) is 8.11. The number of likely N-dealkylation sites (N-methyl/N-ethyl adjacent to an activating group) is 1. The molecule has 0 fully saturated rings. The van der Waals surface area contributed by atoms with Gasteiger partial charge in [-0.3, -0.25) is 0 Å². The Morgan fingerprint density at radius 3 is 2.87 bits per heavy atom. The summed E-state index contributed by atoms with van der Waals surface area (Å²) in [6.07, 6.45) is -1.33. The summed E-state index contributed by atoms with van der Waals surface area (Å²) in [4.78, 5) is 3.66. The Morgan fingerprint density at radius 2 is 2.27 bits per heavy atom. The number of hydrogen-bond donors (Lipinski definition) is 3. The molecular formula is C9H12BrFN2O2. The van der Waals surface area contributed by atoms with Crippen LogP contribution in [0.25, 0.3) is 0 Å². The number of hydrogen-bond acceptors (Lipinski definition) is 4. The molecule has 1 aromatic rings. The number of aromatic nitrogens is 1. The third kappa shape index (κ3) is 3.20. The predicted molar refractivity (Wildman–Crippen MR) is 56.8 cm³/mol. The van der Waals surface area contributed by atoms with Crippen LogP contribution in [0.4, 0.5) is 4.39 Å². The van der Waals surface area contributed by atoms with E-state index in [4.69, 9.17) is 0 Å². The Labute approximate surface area is 95.3 Å². The second-order valence-electron chi connectivity index (χ2n) is 3.10. The van der Waals surface area contributed by atoms with Gasteiger partial charge in [0.05, 0.1) is 12.3 Å². The average molecular weight is 279 g/mol. The molecule has 0 aliphatic heterocycles. The standard InChI is InChI=1S/C9H12BrFN2O2/c1-12-4-7(14)9(15)5-2-8(10)13-3-6(5)11/h2-3,7,9,12,14-15H,4H2,1H3. The van der Waals surface area contributed by atoms with E-state index in [1.54, 1.807) is 7.05 Å². The van der Waals surface area contributed by atoms with E-state index in [1.807, 2.05) is 0 Å². The minimum absolute atomic E-state index is 0.0274. The first-order valence-corrected chi connectivity index (χ1v) is 5.17. The van der Waals surface area contributed by atoms with Crippen molar-refractivity contribution in [2.75, 3.05) is 13.6 Å². The van der Waals surface area contributed by atoms with E-state index in [-0.39, 0.29) is 12.1 Å². The lowest BCUT2D eigenvalue weighted by atomic mass is 10.1. The van der Waals surface area contributed by atoms with Crippen LogP contribution >= 0.6 is 15.9 Å². The van der Waals surface area contributed by atoms with Crippen molar-refractivity contribution in [3.63, 3.8) is 0 Å². The van der Waals surface area contributed by atoms with Crippen molar-refractivity contribution in [2.24, 2.45) is 0 Å². The van der Waals surface area contributed by atoms with Crippen LogP contribution in [-0.2, 0) is 0 Å². The highest BCUT2D eigenvalue weighted by Gasteiger charge is 2.21. The Bertz CT molecular complexity index is 338. The molecule has 84 valence electrons. The first-order valence-electron chi connectivity index (χ1n) is 4.38. The van der Waals surface area contributed by atoms with Crippen molar-refractivity contribution in [2.45, 2.75) is 12.2 Å². The Hall–Kier alpha value is -0.560. The van der Waals surface area contributed by atoms with Crippen molar-refractivity contribution in [3.8, 4) is 0 Å².